The van der Waals surface area contributed by atoms with Crippen molar-refractivity contribution in [1.82, 2.24) is 15.6 Å². The number of carboxylic acids is 1. The average Bonchev–Trinajstić information content (AvgIpc) is 2.63. The van der Waals surface area contributed by atoms with E-state index in [1.165, 1.54) is 43.5 Å². The lowest BCUT2D eigenvalue weighted by Gasteiger charge is -2.21. The van der Waals surface area contributed by atoms with E-state index in [0.717, 1.165) is 0 Å². The molecule has 0 saturated heterocycles. The highest BCUT2D eigenvalue weighted by molar-refractivity contribution is 6.29. The van der Waals surface area contributed by atoms with Crippen molar-refractivity contribution >= 4 is 29.4 Å². The second-order valence-electron chi connectivity index (χ2n) is 6.18. The number of rotatable bonds is 8. The molecule has 7 nitrogen and oxygen atoms in total. The van der Waals surface area contributed by atoms with E-state index in [9.17, 15) is 23.9 Å². The van der Waals surface area contributed by atoms with Crippen molar-refractivity contribution in [3.63, 3.8) is 0 Å². The van der Waals surface area contributed by atoms with Gasteiger partial charge in [0, 0.05) is 26.0 Å². The molecular formula is C19H19ClFN3O4. The third-order valence-electron chi connectivity index (χ3n) is 3.89. The van der Waals surface area contributed by atoms with Crippen molar-refractivity contribution in [2.45, 2.75) is 31.8 Å². The molecule has 2 atom stereocenters. The fourth-order valence-electron chi connectivity index (χ4n) is 2.55. The molecule has 148 valence electrons. The molecule has 9 heteroatoms. The van der Waals surface area contributed by atoms with Gasteiger partial charge in [-0.25, -0.2) is 14.2 Å². The van der Waals surface area contributed by atoms with Crippen molar-refractivity contribution in [3.05, 3.63) is 64.7 Å². The van der Waals surface area contributed by atoms with Gasteiger partial charge < -0.3 is 15.7 Å². The fourth-order valence-corrected chi connectivity index (χ4v) is 2.66. The van der Waals surface area contributed by atoms with Crippen LogP contribution in [-0.2, 0) is 27.2 Å². The first-order chi connectivity index (χ1) is 13.2. The minimum absolute atomic E-state index is 0.00538. The van der Waals surface area contributed by atoms with Gasteiger partial charge in [-0.2, -0.15) is 0 Å². The maximum atomic E-state index is 13.1. The number of carbonyl (C=O) groups excluding carboxylic acids is 2. The van der Waals surface area contributed by atoms with Gasteiger partial charge in [0.2, 0.25) is 11.8 Å². The number of amides is 2. The number of hydrogen-bond donors (Lipinski definition) is 3. The number of benzene rings is 1. The third kappa shape index (κ3) is 6.62. The molecule has 2 rings (SSSR count). The molecule has 0 aliphatic rings. The SMILES string of the molecule is CC(=O)N[C@@H](Cc1ccc(F)cc1)C(=O)N[C@H](Cc1ccc(Cl)nc1)C(=O)O. The van der Waals surface area contributed by atoms with Crippen LogP contribution in [0.1, 0.15) is 18.1 Å². The summed E-state index contributed by atoms with van der Waals surface area (Å²) in [6, 6.07) is 6.37. The highest BCUT2D eigenvalue weighted by Gasteiger charge is 2.26. The van der Waals surface area contributed by atoms with Gasteiger partial charge in [-0.1, -0.05) is 29.8 Å². The van der Waals surface area contributed by atoms with Crippen molar-refractivity contribution in [2.75, 3.05) is 0 Å². The summed E-state index contributed by atoms with van der Waals surface area (Å²) in [4.78, 5) is 39.5. The number of hydrogen-bond acceptors (Lipinski definition) is 4. The average molecular weight is 408 g/mol. The molecule has 0 fully saturated rings. The summed E-state index contributed by atoms with van der Waals surface area (Å²) in [6.07, 6.45) is 1.50. The molecule has 3 N–H and O–H groups in total. The predicted octanol–water partition coefficient (Wildman–Crippen LogP) is 1.73. The van der Waals surface area contributed by atoms with Crippen molar-refractivity contribution < 1.29 is 23.9 Å². The number of pyridine rings is 1. The zero-order valence-electron chi connectivity index (χ0n) is 15.0. The van der Waals surface area contributed by atoms with Crippen LogP contribution in [0.3, 0.4) is 0 Å². The minimum atomic E-state index is -1.23. The van der Waals surface area contributed by atoms with E-state index in [2.05, 4.69) is 15.6 Å². The second kappa shape index (κ2) is 9.80. The number of nitrogens with one attached hydrogen (secondary N) is 2. The minimum Gasteiger partial charge on any atom is -0.480 e. The van der Waals surface area contributed by atoms with Crippen LogP contribution in [0, 0.1) is 5.82 Å². The standard InChI is InChI=1S/C19H19ClFN3O4/c1-11(25)23-15(8-12-2-5-14(21)6-3-12)18(26)24-16(19(27)28)9-13-4-7-17(20)22-10-13/h2-7,10,15-16H,8-9H2,1H3,(H,23,25)(H,24,26)(H,27,28)/t15-,16+/m0/s1. The van der Waals surface area contributed by atoms with Gasteiger partial charge in [0.1, 0.15) is 23.1 Å². The van der Waals surface area contributed by atoms with Crippen molar-refractivity contribution in [3.8, 4) is 0 Å². The lowest BCUT2D eigenvalue weighted by atomic mass is 10.0. The lowest BCUT2D eigenvalue weighted by molar-refractivity contribution is -0.142. The van der Waals surface area contributed by atoms with Crippen LogP contribution in [0.2, 0.25) is 5.15 Å². The quantitative estimate of drug-likeness (QED) is 0.577. The summed E-state index contributed by atoms with van der Waals surface area (Å²) in [6.45, 7) is 1.25. The molecule has 2 amide bonds. The first-order valence-electron chi connectivity index (χ1n) is 8.39. The summed E-state index contributed by atoms with van der Waals surface area (Å²) < 4.78 is 13.1. The van der Waals surface area contributed by atoms with Gasteiger partial charge in [0.25, 0.3) is 0 Å². The van der Waals surface area contributed by atoms with Gasteiger partial charge in [-0.05, 0) is 29.3 Å². The normalized spacial score (nSPS) is 12.7. The zero-order chi connectivity index (χ0) is 20.7. The Hall–Kier alpha value is -3.00. The highest BCUT2D eigenvalue weighted by atomic mass is 35.5. The first kappa shape index (κ1) is 21.3. The maximum Gasteiger partial charge on any atom is 0.326 e. The Bertz CT molecular complexity index is 843. The monoisotopic (exact) mass is 407 g/mol. The van der Waals surface area contributed by atoms with E-state index in [4.69, 9.17) is 11.6 Å². The molecule has 1 aromatic carbocycles. The molecule has 28 heavy (non-hydrogen) atoms. The molecule has 0 unspecified atom stereocenters. The number of halogens is 2. The molecule has 1 aromatic heterocycles. The largest absolute Gasteiger partial charge is 0.480 e. The molecule has 0 radical (unpaired) electrons. The molecule has 0 aliphatic carbocycles. The number of aliphatic carboxylic acids is 1. The van der Waals surface area contributed by atoms with E-state index in [-0.39, 0.29) is 18.0 Å². The Labute approximate surface area is 165 Å². The maximum absolute atomic E-state index is 13.1. The van der Waals surface area contributed by atoms with Crippen molar-refractivity contribution in [1.29, 1.82) is 0 Å². The van der Waals surface area contributed by atoms with E-state index in [1.54, 1.807) is 6.07 Å². The van der Waals surface area contributed by atoms with Crippen LogP contribution < -0.4 is 10.6 Å². The molecule has 1 heterocycles. The summed E-state index contributed by atoms with van der Waals surface area (Å²) >= 11 is 5.71. The highest BCUT2D eigenvalue weighted by Crippen LogP contribution is 2.09. The second-order valence-corrected chi connectivity index (χ2v) is 6.56. The van der Waals surface area contributed by atoms with Crippen LogP contribution >= 0.6 is 11.6 Å². The lowest BCUT2D eigenvalue weighted by Crippen LogP contribution is -2.52. The van der Waals surface area contributed by atoms with Crippen molar-refractivity contribution in [2.24, 2.45) is 0 Å². The molecule has 0 aliphatic heterocycles. The van der Waals surface area contributed by atoms with Crippen LogP contribution in [0.5, 0.6) is 0 Å². The van der Waals surface area contributed by atoms with E-state index < -0.39 is 35.7 Å². The molecule has 0 saturated carbocycles. The van der Waals surface area contributed by atoms with E-state index in [1.807, 2.05) is 0 Å². The van der Waals surface area contributed by atoms with Crippen LogP contribution in [-0.4, -0.2) is 40.0 Å². The predicted molar refractivity (Wildman–Crippen MR) is 100 cm³/mol. The molecule has 0 bridgehead atoms. The van der Waals surface area contributed by atoms with Gasteiger partial charge >= 0.3 is 5.97 Å². The van der Waals surface area contributed by atoms with Gasteiger partial charge in [-0.3, -0.25) is 9.59 Å². The Morgan fingerprint density at radius 3 is 2.18 bits per heavy atom. The van der Waals surface area contributed by atoms with Crippen LogP contribution in [0.25, 0.3) is 0 Å². The molecule has 0 spiro atoms. The fraction of sp³-hybridized carbons (Fsp3) is 0.263. The number of carboxylic acid groups (broad SMARTS) is 1. The molecular weight excluding hydrogens is 389 g/mol. The summed E-state index contributed by atoms with van der Waals surface area (Å²) in [7, 11) is 0. The summed E-state index contributed by atoms with van der Waals surface area (Å²) in [5.74, 6) is -2.76. The van der Waals surface area contributed by atoms with Gasteiger partial charge in [-0.15, -0.1) is 0 Å². The van der Waals surface area contributed by atoms with E-state index >= 15 is 0 Å². The Morgan fingerprint density at radius 2 is 1.64 bits per heavy atom. The van der Waals surface area contributed by atoms with Crippen LogP contribution in [0.15, 0.2) is 42.6 Å². The third-order valence-corrected chi connectivity index (χ3v) is 4.11. The van der Waals surface area contributed by atoms with E-state index in [0.29, 0.717) is 11.1 Å². The zero-order valence-corrected chi connectivity index (χ0v) is 15.7. The number of nitrogens with zero attached hydrogens (tertiary/aromatic N) is 1. The topological polar surface area (TPSA) is 108 Å². The number of carbonyl (C=O) groups is 3. The Balaban J connectivity index is 2.11. The summed E-state index contributed by atoms with van der Waals surface area (Å²) in [5.41, 5.74) is 1.19. The number of aromatic nitrogens is 1. The molecule has 2 aromatic rings. The van der Waals surface area contributed by atoms with Crippen LogP contribution in [0.4, 0.5) is 4.39 Å². The van der Waals surface area contributed by atoms with Gasteiger partial charge in [0.05, 0.1) is 0 Å². The smallest absolute Gasteiger partial charge is 0.326 e. The Kier molecular flexibility index (Phi) is 7.45. The Morgan fingerprint density at radius 1 is 1.04 bits per heavy atom. The first-order valence-corrected chi connectivity index (χ1v) is 8.77. The summed E-state index contributed by atoms with van der Waals surface area (Å²) in [5, 5.41) is 14.6. The van der Waals surface area contributed by atoms with Gasteiger partial charge in [0.15, 0.2) is 0 Å².